The van der Waals surface area contributed by atoms with Crippen LogP contribution in [-0.2, 0) is 4.74 Å². The Kier molecular flexibility index (Phi) is 3.68. The van der Waals surface area contributed by atoms with Gasteiger partial charge >= 0.3 is 0 Å². The molecule has 2 heterocycles. The molecule has 0 spiro atoms. The first-order valence-electron chi connectivity index (χ1n) is 6.70. The maximum absolute atomic E-state index is 11.1. The number of benzene rings is 1. The van der Waals surface area contributed by atoms with Crippen LogP contribution in [0.1, 0.15) is 0 Å². The topological polar surface area (TPSA) is 88.7 Å². The zero-order valence-corrected chi connectivity index (χ0v) is 11.3. The van der Waals surface area contributed by atoms with Crippen molar-refractivity contribution < 1.29 is 14.8 Å². The molecule has 1 aliphatic heterocycles. The van der Waals surface area contributed by atoms with E-state index >= 15 is 0 Å². The first-order valence-corrected chi connectivity index (χ1v) is 6.70. The Labute approximate surface area is 120 Å². The first-order chi connectivity index (χ1) is 10.2. The number of nitro groups is 1. The van der Waals surface area contributed by atoms with E-state index in [1.807, 2.05) is 6.07 Å². The molecule has 1 aromatic heterocycles. The van der Waals surface area contributed by atoms with Crippen LogP contribution >= 0.6 is 0 Å². The van der Waals surface area contributed by atoms with Crippen LogP contribution in [0.15, 0.2) is 30.5 Å². The molecule has 0 radical (unpaired) electrons. The highest BCUT2D eigenvalue weighted by atomic mass is 16.6. The fourth-order valence-electron chi connectivity index (χ4n) is 2.61. The lowest BCUT2D eigenvalue weighted by Gasteiger charge is -2.34. The van der Waals surface area contributed by atoms with Gasteiger partial charge in [-0.1, -0.05) is 0 Å². The van der Waals surface area contributed by atoms with Gasteiger partial charge in [0.25, 0.3) is 5.69 Å². The maximum atomic E-state index is 11.1. The molecule has 110 valence electrons. The van der Waals surface area contributed by atoms with Crippen LogP contribution in [0.2, 0.25) is 0 Å². The molecule has 2 aromatic rings. The van der Waals surface area contributed by atoms with Crippen molar-refractivity contribution in [2.24, 2.45) is 0 Å². The molecule has 0 aliphatic carbocycles. The molecule has 3 rings (SSSR count). The second-order valence-electron chi connectivity index (χ2n) is 4.88. The molecule has 1 atom stereocenters. The summed E-state index contributed by atoms with van der Waals surface area (Å²) in [5.74, 6) is 0. The Morgan fingerprint density at radius 2 is 2.33 bits per heavy atom. The molecule has 1 saturated heterocycles. The molecule has 21 heavy (non-hydrogen) atoms. The SMILES string of the molecule is O=[N+]([O-])c1ccc(N2CCOC(CO)C2)c2cccnc12. The summed E-state index contributed by atoms with van der Waals surface area (Å²) < 4.78 is 5.44. The number of hydrogen-bond acceptors (Lipinski definition) is 6. The first kappa shape index (κ1) is 13.7. The molecule has 0 bridgehead atoms. The van der Waals surface area contributed by atoms with Gasteiger partial charge in [0, 0.05) is 36.4 Å². The molecule has 1 unspecified atom stereocenters. The number of rotatable bonds is 3. The standard InChI is InChI=1S/C14H15N3O4/c18-9-10-8-16(6-7-21-10)12-3-4-13(17(19)20)14-11(12)2-1-5-15-14/h1-5,10,18H,6-9H2. The maximum Gasteiger partial charge on any atom is 0.295 e. The number of fused-ring (bicyclic) bond motifs is 1. The highest BCUT2D eigenvalue weighted by Crippen LogP contribution is 2.32. The van der Waals surface area contributed by atoms with Crippen molar-refractivity contribution in [3.8, 4) is 0 Å². The van der Waals surface area contributed by atoms with Crippen molar-refractivity contribution >= 4 is 22.3 Å². The minimum absolute atomic E-state index is 0.00122. The third kappa shape index (κ3) is 2.53. The Morgan fingerprint density at radius 3 is 3.10 bits per heavy atom. The van der Waals surface area contributed by atoms with Crippen molar-refractivity contribution in [2.45, 2.75) is 6.10 Å². The highest BCUT2D eigenvalue weighted by Gasteiger charge is 2.23. The number of ether oxygens (including phenoxy) is 1. The summed E-state index contributed by atoms with van der Waals surface area (Å²) in [4.78, 5) is 16.9. The molecule has 0 saturated carbocycles. The van der Waals surface area contributed by atoms with E-state index in [2.05, 4.69) is 9.88 Å². The second kappa shape index (κ2) is 5.63. The van der Waals surface area contributed by atoms with Gasteiger partial charge < -0.3 is 14.7 Å². The third-order valence-corrected chi connectivity index (χ3v) is 3.61. The lowest BCUT2D eigenvalue weighted by atomic mass is 10.1. The van der Waals surface area contributed by atoms with Crippen molar-refractivity contribution in [3.63, 3.8) is 0 Å². The van der Waals surface area contributed by atoms with Gasteiger partial charge in [-0.2, -0.15) is 0 Å². The van der Waals surface area contributed by atoms with E-state index in [0.717, 1.165) is 11.1 Å². The number of nitro benzene ring substituents is 1. The zero-order chi connectivity index (χ0) is 14.8. The number of aliphatic hydroxyl groups is 1. The molecular weight excluding hydrogens is 274 g/mol. The molecule has 1 fully saturated rings. The molecule has 1 N–H and O–H groups in total. The lowest BCUT2D eigenvalue weighted by molar-refractivity contribution is -0.383. The van der Waals surface area contributed by atoms with E-state index in [0.29, 0.717) is 25.2 Å². The number of hydrogen-bond donors (Lipinski definition) is 1. The number of aliphatic hydroxyl groups excluding tert-OH is 1. The van der Waals surface area contributed by atoms with Crippen LogP contribution in [0.3, 0.4) is 0 Å². The van der Waals surface area contributed by atoms with E-state index in [9.17, 15) is 15.2 Å². The summed E-state index contributed by atoms with van der Waals surface area (Å²) in [6, 6.07) is 6.81. The van der Waals surface area contributed by atoms with Gasteiger partial charge in [0.1, 0.15) is 5.52 Å². The fourth-order valence-corrected chi connectivity index (χ4v) is 2.61. The van der Waals surface area contributed by atoms with E-state index in [-0.39, 0.29) is 18.4 Å². The second-order valence-corrected chi connectivity index (χ2v) is 4.88. The summed E-state index contributed by atoms with van der Waals surface area (Å²) in [5, 5.41) is 21.1. The number of anilines is 1. The number of nitrogens with zero attached hydrogens (tertiary/aromatic N) is 3. The number of non-ortho nitro benzene ring substituents is 1. The van der Waals surface area contributed by atoms with Crippen LogP contribution in [0.4, 0.5) is 11.4 Å². The quantitative estimate of drug-likeness (QED) is 0.677. The molecule has 7 nitrogen and oxygen atoms in total. The summed E-state index contributed by atoms with van der Waals surface area (Å²) in [6.45, 7) is 1.71. The number of morpholine rings is 1. The monoisotopic (exact) mass is 289 g/mol. The molecule has 7 heteroatoms. The van der Waals surface area contributed by atoms with E-state index in [1.54, 1.807) is 18.3 Å². The van der Waals surface area contributed by atoms with Crippen molar-refractivity contribution in [2.75, 3.05) is 31.2 Å². The summed E-state index contributed by atoms with van der Waals surface area (Å²) >= 11 is 0. The predicted octanol–water partition coefficient (Wildman–Crippen LogP) is 1.34. The van der Waals surface area contributed by atoms with Crippen LogP contribution in [-0.4, -0.2) is 47.4 Å². The number of aromatic nitrogens is 1. The van der Waals surface area contributed by atoms with Crippen molar-refractivity contribution in [3.05, 3.63) is 40.6 Å². The summed E-state index contributed by atoms with van der Waals surface area (Å²) in [7, 11) is 0. The van der Waals surface area contributed by atoms with Gasteiger partial charge in [-0.05, 0) is 18.2 Å². The predicted molar refractivity (Wildman–Crippen MR) is 77.4 cm³/mol. The third-order valence-electron chi connectivity index (χ3n) is 3.61. The van der Waals surface area contributed by atoms with Gasteiger partial charge in [-0.25, -0.2) is 4.98 Å². The van der Waals surface area contributed by atoms with Crippen molar-refractivity contribution in [1.82, 2.24) is 4.98 Å². The van der Waals surface area contributed by atoms with E-state index < -0.39 is 4.92 Å². The summed E-state index contributed by atoms with van der Waals surface area (Å²) in [6.07, 6.45) is 1.32. The van der Waals surface area contributed by atoms with Gasteiger partial charge in [0.05, 0.1) is 24.2 Å². The van der Waals surface area contributed by atoms with Gasteiger partial charge in [-0.15, -0.1) is 0 Å². The highest BCUT2D eigenvalue weighted by molar-refractivity contribution is 5.97. The number of pyridine rings is 1. The van der Waals surface area contributed by atoms with Crippen molar-refractivity contribution in [1.29, 1.82) is 0 Å². The van der Waals surface area contributed by atoms with Gasteiger partial charge in [0.15, 0.2) is 0 Å². The molecule has 1 aromatic carbocycles. The van der Waals surface area contributed by atoms with Gasteiger partial charge in [0.2, 0.25) is 0 Å². The lowest BCUT2D eigenvalue weighted by Crippen LogP contribution is -2.44. The van der Waals surface area contributed by atoms with Crippen LogP contribution in [0.25, 0.3) is 10.9 Å². The zero-order valence-electron chi connectivity index (χ0n) is 11.3. The minimum atomic E-state index is -0.422. The minimum Gasteiger partial charge on any atom is -0.394 e. The molecule has 1 aliphatic rings. The average Bonchev–Trinajstić information content (AvgIpc) is 2.53. The average molecular weight is 289 g/mol. The fraction of sp³-hybridized carbons (Fsp3) is 0.357. The Morgan fingerprint density at radius 1 is 1.48 bits per heavy atom. The Balaban J connectivity index is 2.07. The van der Waals surface area contributed by atoms with Crippen LogP contribution < -0.4 is 4.90 Å². The normalized spacial score (nSPS) is 18.9. The smallest absolute Gasteiger partial charge is 0.295 e. The van der Waals surface area contributed by atoms with Crippen LogP contribution in [0.5, 0.6) is 0 Å². The van der Waals surface area contributed by atoms with E-state index in [4.69, 9.17) is 4.74 Å². The molecule has 0 amide bonds. The van der Waals surface area contributed by atoms with Crippen LogP contribution in [0, 0.1) is 10.1 Å². The largest absolute Gasteiger partial charge is 0.394 e. The Hall–Kier alpha value is -2.25. The Bertz CT molecular complexity index is 676. The molecular formula is C14H15N3O4. The van der Waals surface area contributed by atoms with E-state index in [1.165, 1.54) is 6.07 Å². The summed E-state index contributed by atoms with van der Waals surface area (Å²) in [5.41, 5.74) is 1.26. The van der Waals surface area contributed by atoms with Gasteiger partial charge in [-0.3, -0.25) is 10.1 Å².